The highest BCUT2D eigenvalue weighted by atomic mass is 79.9. The van der Waals surface area contributed by atoms with Crippen molar-refractivity contribution in [2.24, 2.45) is 0 Å². The van der Waals surface area contributed by atoms with E-state index < -0.39 is 0 Å². The number of hydrogen-bond donors (Lipinski definition) is 0. The number of carbonyl (C=O) groups excluding carboxylic acids is 1. The van der Waals surface area contributed by atoms with E-state index in [1.807, 2.05) is 53.9 Å². The average Bonchev–Trinajstić information content (AvgIpc) is 3.54. The number of rotatable bonds is 6. The van der Waals surface area contributed by atoms with Gasteiger partial charge in [-0.3, -0.25) is 9.69 Å². The quantitative estimate of drug-likeness (QED) is 0.391. The Balaban J connectivity index is 1.42. The van der Waals surface area contributed by atoms with Gasteiger partial charge in [0, 0.05) is 22.0 Å². The Morgan fingerprint density at radius 3 is 2.87 bits per heavy atom. The first-order valence-electron chi connectivity index (χ1n) is 10.1. The lowest BCUT2D eigenvalue weighted by atomic mass is 10.2. The molecule has 0 spiro atoms. The smallest absolute Gasteiger partial charge is 0.250 e. The molecular weight excluding hydrogens is 478 g/mol. The van der Waals surface area contributed by atoms with Crippen LogP contribution in [0.2, 0.25) is 0 Å². The van der Waals surface area contributed by atoms with Gasteiger partial charge in [-0.25, -0.2) is 9.67 Å². The summed E-state index contributed by atoms with van der Waals surface area (Å²) in [6, 6.07) is 15.6. The molecule has 1 atom stereocenters. The monoisotopic (exact) mass is 497 g/mol. The lowest BCUT2D eigenvalue weighted by molar-refractivity contribution is -0.119. The lowest BCUT2D eigenvalue weighted by Crippen LogP contribution is -2.39. The van der Waals surface area contributed by atoms with Crippen LogP contribution in [-0.2, 0) is 16.1 Å². The summed E-state index contributed by atoms with van der Waals surface area (Å²) in [5.41, 5.74) is 3.47. The minimum absolute atomic E-state index is 0.0245. The molecule has 0 radical (unpaired) electrons. The standard InChI is InChI=1S/C22H20BrN5O2S/c23-16-9-7-15(8-10-16)19-14-31-22(24-19)27(12-17-4-3-11-30-17)21(29)13-28-20-6-2-1-5-18(20)25-26-28/h1-2,5-10,14,17H,3-4,11-13H2. The predicted molar refractivity (Wildman–Crippen MR) is 124 cm³/mol. The van der Waals surface area contributed by atoms with E-state index in [2.05, 4.69) is 26.2 Å². The number of thiazole rings is 1. The van der Waals surface area contributed by atoms with Crippen LogP contribution in [0, 0.1) is 0 Å². The highest BCUT2D eigenvalue weighted by Crippen LogP contribution is 2.30. The van der Waals surface area contributed by atoms with E-state index in [0.717, 1.165) is 46.2 Å². The number of benzene rings is 2. The maximum absolute atomic E-state index is 13.4. The van der Waals surface area contributed by atoms with Crippen molar-refractivity contribution in [1.29, 1.82) is 0 Å². The number of halogens is 1. The Hall–Kier alpha value is -2.62. The van der Waals surface area contributed by atoms with Crippen LogP contribution >= 0.6 is 27.3 Å². The third kappa shape index (κ3) is 4.39. The van der Waals surface area contributed by atoms with Gasteiger partial charge in [0.2, 0.25) is 0 Å². The minimum atomic E-state index is -0.0807. The lowest BCUT2D eigenvalue weighted by Gasteiger charge is -2.23. The average molecular weight is 498 g/mol. The molecule has 4 aromatic rings. The van der Waals surface area contributed by atoms with E-state index in [0.29, 0.717) is 11.7 Å². The number of amides is 1. The Morgan fingerprint density at radius 1 is 1.23 bits per heavy atom. The number of hydrogen-bond acceptors (Lipinski definition) is 6. The molecule has 0 saturated carbocycles. The zero-order valence-electron chi connectivity index (χ0n) is 16.6. The van der Waals surface area contributed by atoms with Crippen molar-refractivity contribution in [1.82, 2.24) is 20.0 Å². The fraction of sp³-hybridized carbons (Fsp3) is 0.273. The van der Waals surface area contributed by atoms with Crippen LogP contribution in [0.25, 0.3) is 22.3 Å². The summed E-state index contributed by atoms with van der Waals surface area (Å²) < 4.78 is 8.47. The van der Waals surface area contributed by atoms with E-state index in [1.54, 1.807) is 9.58 Å². The van der Waals surface area contributed by atoms with Gasteiger partial charge in [-0.05, 0) is 37.1 Å². The van der Waals surface area contributed by atoms with Crippen LogP contribution in [0.15, 0.2) is 58.4 Å². The van der Waals surface area contributed by atoms with E-state index in [4.69, 9.17) is 9.72 Å². The van der Waals surface area contributed by atoms with Gasteiger partial charge in [-0.15, -0.1) is 16.4 Å². The van der Waals surface area contributed by atoms with Crippen LogP contribution in [0.3, 0.4) is 0 Å². The van der Waals surface area contributed by atoms with Crippen molar-refractivity contribution in [2.45, 2.75) is 25.5 Å². The summed E-state index contributed by atoms with van der Waals surface area (Å²) in [4.78, 5) is 19.9. The van der Waals surface area contributed by atoms with Gasteiger partial charge in [0.1, 0.15) is 12.1 Å². The third-order valence-corrected chi connectivity index (χ3v) is 6.67. The minimum Gasteiger partial charge on any atom is -0.376 e. The first-order valence-corrected chi connectivity index (χ1v) is 11.8. The van der Waals surface area contributed by atoms with E-state index in [1.165, 1.54) is 11.3 Å². The van der Waals surface area contributed by atoms with Crippen molar-refractivity contribution in [3.63, 3.8) is 0 Å². The highest BCUT2D eigenvalue weighted by Gasteiger charge is 2.26. The molecule has 0 bridgehead atoms. The van der Waals surface area contributed by atoms with Gasteiger partial charge in [0.05, 0.1) is 23.9 Å². The van der Waals surface area contributed by atoms with E-state index in [9.17, 15) is 4.79 Å². The van der Waals surface area contributed by atoms with Crippen LogP contribution in [0.5, 0.6) is 0 Å². The van der Waals surface area contributed by atoms with Gasteiger partial charge in [-0.2, -0.15) is 0 Å². The van der Waals surface area contributed by atoms with E-state index >= 15 is 0 Å². The fourth-order valence-electron chi connectivity index (χ4n) is 3.67. The summed E-state index contributed by atoms with van der Waals surface area (Å²) in [7, 11) is 0. The molecule has 1 fully saturated rings. The molecule has 0 aliphatic carbocycles. The first-order chi connectivity index (χ1) is 15.2. The zero-order chi connectivity index (χ0) is 21.2. The number of para-hydroxylation sites is 1. The first kappa shape index (κ1) is 20.3. The normalized spacial score (nSPS) is 16.1. The molecule has 9 heteroatoms. The zero-order valence-corrected chi connectivity index (χ0v) is 19.1. The molecule has 3 heterocycles. The predicted octanol–water partition coefficient (Wildman–Crippen LogP) is 4.53. The van der Waals surface area contributed by atoms with Crippen LogP contribution < -0.4 is 4.90 Å². The highest BCUT2D eigenvalue weighted by molar-refractivity contribution is 9.10. The fourth-order valence-corrected chi connectivity index (χ4v) is 4.79. The molecule has 1 saturated heterocycles. The second kappa shape index (κ2) is 8.86. The molecular formula is C22H20BrN5O2S. The molecule has 2 aromatic heterocycles. The molecule has 1 amide bonds. The topological polar surface area (TPSA) is 73.1 Å². The Labute approximate surface area is 191 Å². The molecule has 158 valence electrons. The molecule has 7 nitrogen and oxygen atoms in total. The molecule has 5 rings (SSSR count). The van der Waals surface area contributed by atoms with Gasteiger partial charge in [-0.1, -0.05) is 45.4 Å². The van der Waals surface area contributed by atoms with Crippen LogP contribution in [0.1, 0.15) is 12.8 Å². The van der Waals surface area contributed by atoms with Crippen molar-refractivity contribution >= 4 is 49.3 Å². The number of aromatic nitrogens is 4. The largest absolute Gasteiger partial charge is 0.376 e. The summed E-state index contributed by atoms with van der Waals surface area (Å²) in [6.07, 6.45) is 1.99. The third-order valence-electron chi connectivity index (χ3n) is 5.28. The Morgan fingerprint density at radius 2 is 2.06 bits per heavy atom. The number of ether oxygens (including phenoxy) is 1. The summed E-state index contributed by atoms with van der Waals surface area (Å²) in [6.45, 7) is 1.32. The number of anilines is 1. The molecule has 1 unspecified atom stereocenters. The molecule has 2 aromatic carbocycles. The second-order valence-electron chi connectivity index (χ2n) is 7.40. The van der Waals surface area contributed by atoms with Crippen LogP contribution in [0.4, 0.5) is 5.13 Å². The van der Waals surface area contributed by atoms with Gasteiger partial charge in [0.25, 0.3) is 5.91 Å². The molecule has 1 aliphatic rings. The second-order valence-corrected chi connectivity index (χ2v) is 9.15. The number of nitrogens with zero attached hydrogens (tertiary/aromatic N) is 5. The van der Waals surface area contributed by atoms with Gasteiger partial charge < -0.3 is 4.74 Å². The summed E-state index contributed by atoms with van der Waals surface area (Å²) in [5.74, 6) is -0.0807. The van der Waals surface area contributed by atoms with Gasteiger partial charge >= 0.3 is 0 Å². The van der Waals surface area contributed by atoms with Gasteiger partial charge in [0.15, 0.2) is 5.13 Å². The SMILES string of the molecule is O=C(Cn1nnc2ccccc21)N(CC1CCCO1)c1nc(-c2ccc(Br)cc2)cs1. The maximum atomic E-state index is 13.4. The Kier molecular flexibility index (Phi) is 5.80. The Bertz CT molecular complexity index is 1200. The number of carbonyl (C=O) groups is 1. The molecule has 1 aliphatic heterocycles. The summed E-state index contributed by atoms with van der Waals surface area (Å²) >= 11 is 4.93. The van der Waals surface area contributed by atoms with E-state index in [-0.39, 0.29) is 18.6 Å². The van der Waals surface area contributed by atoms with Crippen molar-refractivity contribution in [3.8, 4) is 11.3 Å². The van der Waals surface area contributed by atoms with Crippen molar-refractivity contribution in [2.75, 3.05) is 18.1 Å². The van der Waals surface area contributed by atoms with Crippen molar-refractivity contribution < 1.29 is 9.53 Å². The maximum Gasteiger partial charge on any atom is 0.250 e. The molecule has 0 N–H and O–H groups in total. The van der Waals surface area contributed by atoms with Crippen molar-refractivity contribution in [3.05, 3.63) is 58.4 Å². The summed E-state index contributed by atoms with van der Waals surface area (Å²) in [5, 5.41) is 11.0. The number of fused-ring (bicyclic) bond motifs is 1. The van der Waals surface area contributed by atoms with Crippen LogP contribution in [-0.4, -0.2) is 45.1 Å². The molecule has 31 heavy (non-hydrogen) atoms.